The van der Waals surface area contributed by atoms with Gasteiger partial charge < -0.3 is 24.9 Å². The number of aliphatic hydroxyl groups excluding tert-OH is 1. The van der Waals surface area contributed by atoms with E-state index in [1.54, 1.807) is 19.4 Å². The number of carbonyl (C=O) groups excluding carboxylic acids is 1. The van der Waals surface area contributed by atoms with Crippen LogP contribution in [0, 0.1) is 5.92 Å². The molecule has 124 valence electrons. The average molecular weight is 310 g/mol. The third-order valence-corrected chi connectivity index (χ3v) is 4.24. The molecule has 1 heterocycles. The fourth-order valence-electron chi connectivity index (χ4n) is 3.01. The number of furan rings is 1. The fourth-order valence-corrected chi connectivity index (χ4v) is 3.01. The lowest BCUT2D eigenvalue weighted by Gasteiger charge is -2.26. The number of amides is 2. The highest BCUT2D eigenvalue weighted by molar-refractivity contribution is 5.74. The minimum absolute atomic E-state index is 0.0206. The fraction of sp³-hybridized carbons (Fsp3) is 0.688. The molecule has 2 rings (SSSR count). The standard InChI is InChI=1S/C16H26N2O4/c1-21-11-14(15-8-5-9-22-15)18-16(20)17-13-7-4-2-3-6-12(13)10-19/h5,8-9,12-14,19H,2-4,6-7,10-11H2,1H3,(H2,17,18,20). The Morgan fingerprint density at radius 3 is 2.95 bits per heavy atom. The summed E-state index contributed by atoms with van der Waals surface area (Å²) in [6, 6.07) is 3.05. The van der Waals surface area contributed by atoms with Crippen LogP contribution in [-0.2, 0) is 4.74 Å². The van der Waals surface area contributed by atoms with Crippen molar-refractivity contribution in [1.82, 2.24) is 10.6 Å². The molecular weight excluding hydrogens is 284 g/mol. The molecule has 22 heavy (non-hydrogen) atoms. The first kappa shape index (κ1) is 16.8. The van der Waals surface area contributed by atoms with E-state index >= 15 is 0 Å². The van der Waals surface area contributed by atoms with E-state index in [0.717, 1.165) is 32.1 Å². The van der Waals surface area contributed by atoms with E-state index < -0.39 is 0 Å². The van der Waals surface area contributed by atoms with E-state index in [1.807, 2.05) is 6.07 Å². The van der Waals surface area contributed by atoms with Crippen LogP contribution in [0.5, 0.6) is 0 Å². The second-order valence-electron chi connectivity index (χ2n) is 5.83. The van der Waals surface area contributed by atoms with E-state index in [2.05, 4.69) is 10.6 Å². The predicted octanol–water partition coefficient (Wildman–Crippen LogP) is 2.21. The summed E-state index contributed by atoms with van der Waals surface area (Å²) in [5, 5.41) is 15.4. The Morgan fingerprint density at radius 1 is 1.45 bits per heavy atom. The van der Waals surface area contributed by atoms with Gasteiger partial charge in [0.25, 0.3) is 0 Å². The molecule has 0 aromatic carbocycles. The number of methoxy groups -OCH3 is 1. The van der Waals surface area contributed by atoms with Crippen molar-refractivity contribution in [2.75, 3.05) is 20.3 Å². The minimum atomic E-state index is -0.321. The quantitative estimate of drug-likeness (QED) is 0.703. The first-order valence-corrected chi connectivity index (χ1v) is 7.94. The van der Waals surface area contributed by atoms with Crippen molar-refractivity contribution in [1.29, 1.82) is 0 Å². The zero-order valence-electron chi connectivity index (χ0n) is 13.1. The minimum Gasteiger partial charge on any atom is -0.467 e. The summed E-state index contributed by atoms with van der Waals surface area (Å²) < 4.78 is 10.5. The molecule has 1 aromatic heterocycles. The number of rotatable bonds is 6. The molecule has 1 fully saturated rings. The zero-order chi connectivity index (χ0) is 15.8. The van der Waals surface area contributed by atoms with Crippen molar-refractivity contribution in [3.05, 3.63) is 24.2 Å². The lowest BCUT2D eigenvalue weighted by Crippen LogP contribution is -2.47. The molecule has 1 aromatic rings. The molecular formula is C16H26N2O4. The number of hydrogen-bond donors (Lipinski definition) is 3. The van der Waals surface area contributed by atoms with Crippen LogP contribution >= 0.6 is 0 Å². The summed E-state index contributed by atoms with van der Waals surface area (Å²) in [4.78, 5) is 12.3. The second kappa shape index (κ2) is 8.80. The molecule has 3 N–H and O–H groups in total. The third-order valence-electron chi connectivity index (χ3n) is 4.24. The Morgan fingerprint density at radius 2 is 2.27 bits per heavy atom. The van der Waals surface area contributed by atoms with Crippen molar-refractivity contribution in [3.63, 3.8) is 0 Å². The number of aliphatic hydroxyl groups is 1. The van der Waals surface area contributed by atoms with Crippen LogP contribution in [0.4, 0.5) is 4.79 Å². The molecule has 0 radical (unpaired) electrons. The summed E-state index contributed by atoms with van der Waals surface area (Å²) in [7, 11) is 1.59. The van der Waals surface area contributed by atoms with Gasteiger partial charge in [0.15, 0.2) is 0 Å². The smallest absolute Gasteiger partial charge is 0.315 e. The molecule has 3 atom stereocenters. The molecule has 1 aliphatic carbocycles. The lowest BCUT2D eigenvalue weighted by molar-refractivity contribution is 0.152. The van der Waals surface area contributed by atoms with E-state index in [0.29, 0.717) is 12.4 Å². The van der Waals surface area contributed by atoms with Crippen LogP contribution in [0.15, 0.2) is 22.8 Å². The third kappa shape index (κ3) is 4.74. The van der Waals surface area contributed by atoms with E-state index in [4.69, 9.17) is 9.15 Å². The molecule has 0 aliphatic heterocycles. The van der Waals surface area contributed by atoms with Crippen LogP contribution in [0.1, 0.15) is 43.9 Å². The number of urea groups is 1. The zero-order valence-corrected chi connectivity index (χ0v) is 13.1. The van der Waals surface area contributed by atoms with Crippen LogP contribution in [0.3, 0.4) is 0 Å². The van der Waals surface area contributed by atoms with Gasteiger partial charge in [-0.1, -0.05) is 19.3 Å². The van der Waals surface area contributed by atoms with E-state index in [-0.39, 0.29) is 30.6 Å². The molecule has 6 nitrogen and oxygen atoms in total. The van der Waals surface area contributed by atoms with Gasteiger partial charge in [0.1, 0.15) is 11.8 Å². The maximum atomic E-state index is 12.3. The molecule has 3 unspecified atom stereocenters. The van der Waals surface area contributed by atoms with Gasteiger partial charge in [-0.05, 0) is 25.0 Å². The molecule has 0 spiro atoms. The number of nitrogens with one attached hydrogen (secondary N) is 2. The van der Waals surface area contributed by atoms with Crippen molar-refractivity contribution < 1.29 is 19.1 Å². The van der Waals surface area contributed by atoms with Gasteiger partial charge in [-0.3, -0.25) is 0 Å². The Balaban J connectivity index is 1.92. The first-order valence-electron chi connectivity index (χ1n) is 7.94. The molecule has 1 aliphatic rings. The normalized spacial score (nSPS) is 23.5. The highest BCUT2D eigenvalue weighted by Crippen LogP contribution is 2.23. The van der Waals surface area contributed by atoms with E-state index in [1.165, 1.54) is 0 Å². The predicted molar refractivity (Wildman–Crippen MR) is 82.4 cm³/mol. The van der Waals surface area contributed by atoms with Crippen molar-refractivity contribution in [2.24, 2.45) is 5.92 Å². The Bertz CT molecular complexity index is 435. The summed E-state index contributed by atoms with van der Waals surface area (Å²) in [6.45, 7) is 0.458. The summed E-state index contributed by atoms with van der Waals surface area (Å²) in [6.07, 6.45) is 6.81. The summed E-state index contributed by atoms with van der Waals surface area (Å²) >= 11 is 0. The van der Waals surface area contributed by atoms with Gasteiger partial charge in [-0.15, -0.1) is 0 Å². The maximum absolute atomic E-state index is 12.3. The van der Waals surface area contributed by atoms with Crippen LogP contribution in [0.2, 0.25) is 0 Å². The molecule has 1 saturated carbocycles. The molecule has 6 heteroatoms. The van der Waals surface area contributed by atoms with Crippen molar-refractivity contribution in [3.8, 4) is 0 Å². The molecule has 2 amide bonds. The average Bonchev–Trinajstić information content (AvgIpc) is 2.95. The van der Waals surface area contributed by atoms with Crippen molar-refractivity contribution in [2.45, 2.75) is 44.2 Å². The Hall–Kier alpha value is -1.53. The van der Waals surface area contributed by atoms with E-state index in [9.17, 15) is 9.90 Å². The summed E-state index contributed by atoms with van der Waals surface area (Å²) in [5.74, 6) is 0.800. The highest BCUT2D eigenvalue weighted by Gasteiger charge is 2.26. The van der Waals surface area contributed by atoms with Crippen LogP contribution in [-0.4, -0.2) is 37.5 Å². The number of ether oxygens (including phenoxy) is 1. The second-order valence-corrected chi connectivity index (χ2v) is 5.83. The molecule has 0 bridgehead atoms. The topological polar surface area (TPSA) is 83.7 Å². The summed E-state index contributed by atoms with van der Waals surface area (Å²) in [5.41, 5.74) is 0. The largest absolute Gasteiger partial charge is 0.467 e. The Labute approximate surface area is 131 Å². The lowest BCUT2D eigenvalue weighted by atomic mass is 9.96. The SMILES string of the molecule is COCC(NC(=O)NC1CCCCCC1CO)c1ccco1. The Kier molecular flexibility index (Phi) is 6.74. The maximum Gasteiger partial charge on any atom is 0.315 e. The van der Waals surface area contributed by atoms with Gasteiger partial charge in [-0.2, -0.15) is 0 Å². The van der Waals surface area contributed by atoms with Gasteiger partial charge in [0.05, 0.1) is 12.9 Å². The number of hydrogen-bond acceptors (Lipinski definition) is 4. The first-order chi connectivity index (χ1) is 10.7. The monoisotopic (exact) mass is 310 g/mol. The van der Waals surface area contributed by atoms with Crippen LogP contribution in [0.25, 0.3) is 0 Å². The van der Waals surface area contributed by atoms with Crippen LogP contribution < -0.4 is 10.6 Å². The highest BCUT2D eigenvalue weighted by atomic mass is 16.5. The van der Waals surface area contributed by atoms with Gasteiger partial charge >= 0.3 is 6.03 Å². The molecule has 0 saturated heterocycles. The number of carbonyl (C=O) groups is 1. The van der Waals surface area contributed by atoms with Gasteiger partial charge in [0, 0.05) is 25.7 Å². The van der Waals surface area contributed by atoms with Gasteiger partial charge in [0.2, 0.25) is 0 Å². The van der Waals surface area contributed by atoms with Crippen molar-refractivity contribution >= 4 is 6.03 Å². The van der Waals surface area contributed by atoms with Gasteiger partial charge in [-0.25, -0.2) is 4.79 Å².